The number of halogens is 3. The third-order valence-corrected chi connectivity index (χ3v) is 9.05. The van der Waals surface area contributed by atoms with E-state index < -0.39 is 46.0 Å². The Morgan fingerprint density at radius 3 is 2.41 bits per heavy atom. The van der Waals surface area contributed by atoms with Gasteiger partial charge in [0, 0.05) is 22.5 Å². The molecule has 0 heterocycles. The average molecular weight is 558 g/mol. The Balaban J connectivity index is 1.64. The van der Waals surface area contributed by atoms with Crippen LogP contribution in [0.5, 0.6) is 0 Å². The number of alkyl halides is 3. The fourth-order valence-corrected chi connectivity index (χ4v) is 6.50. The van der Waals surface area contributed by atoms with Crippen LogP contribution >= 0.6 is 11.8 Å². The highest BCUT2D eigenvalue weighted by Crippen LogP contribution is 2.30. The van der Waals surface area contributed by atoms with E-state index in [0.29, 0.717) is 12.8 Å². The first-order valence-corrected chi connectivity index (χ1v) is 14.6. The lowest BCUT2D eigenvalue weighted by Gasteiger charge is -2.36. The topological polar surface area (TPSA) is 104 Å². The van der Waals surface area contributed by atoms with Crippen molar-refractivity contribution in [3.05, 3.63) is 59.7 Å². The van der Waals surface area contributed by atoms with Gasteiger partial charge in [-0.25, -0.2) is 8.42 Å². The summed E-state index contributed by atoms with van der Waals surface area (Å²) in [5, 5.41) is 8.33. The first-order chi connectivity index (χ1) is 17.4. The molecule has 202 valence electrons. The van der Waals surface area contributed by atoms with Gasteiger partial charge in [0.1, 0.15) is 0 Å². The molecule has 2 aromatic rings. The molecule has 1 aliphatic rings. The molecule has 0 aromatic heterocycles. The summed E-state index contributed by atoms with van der Waals surface area (Å²) in [6, 6.07) is 10.3. The van der Waals surface area contributed by atoms with Gasteiger partial charge in [-0.2, -0.15) is 13.2 Å². The van der Waals surface area contributed by atoms with E-state index in [9.17, 15) is 31.2 Å². The molecule has 7 nitrogen and oxygen atoms in total. The Bertz CT molecular complexity index is 1200. The monoisotopic (exact) mass is 557 g/mol. The minimum atomic E-state index is -4.59. The summed E-state index contributed by atoms with van der Waals surface area (Å²) in [5.41, 5.74) is -1.17. The van der Waals surface area contributed by atoms with Crippen molar-refractivity contribution in [1.29, 1.82) is 0 Å². The highest BCUT2D eigenvalue weighted by atomic mass is 32.2. The zero-order valence-corrected chi connectivity index (χ0v) is 22.1. The molecule has 3 atom stereocenters. The molecule has 3 rings (SSSR count). The molecular formula is C25H30F3N3O4S2. The summed E-state index contributed by atoms with van der Waals surface area (Å²) in [7, 11) is -1.81. The molecule has 0 bridgehead atoms. The van der Waals surface area contributed by atoms with Crippen LogP contribution in [0.4, 0.5) is 13.2 Å². The predicted molar refractivity (Wildman–Crippen MR) is 136 cm³/mol. The van der Waals surface area contributed by atoms with Crippen molar-refractivity contribution >= 4 is 33.4 Å². The van der Waals surface area contributed by atoms with Crippen LogP contribution in [0.15, 0.2) is 58.3 Å². The molecule has 1 aliphatic carbocycles. The van der Waals surface area contributed by atoms with Gasteiger partial charge in [0.15, 0.2) is 9.84 Å². The fraction of sp³-hybridized carbons (Fsp3) is 0.440. The van der Waals surface area contributed by atoms with Crippen molar-refractivity contribution in [2.75, 3.05) is 25.6 Å². The highest BCUT2D eigenvalue weighted by Gasteiger charge is 2.35. The number of amides is 2. The van der Waals surface area contributed by atoms with Crippen LogP contribution in [-0.4, -0.2) is 57.9 Å². The van der Waals surface area contributed by atoms with Crippen LogP contribution < -0.4 is 16.0 Å². The summed E-state index contributed by atoms with van der Waals surface area (Å²) >= 11 is 1.51. The third kappa shape index (κ3) is 7.96. The Morgan fingerprint density at radius 1 is 1.08 bits per heavy atom. The van der Waals surface area contributed by atoms with Crippen molar-refractivity contribution in [3.63, 3.8) is 0 Å². The first kappa shape index (κ1) is 29.0. The zero-order chi connectivity index (χ0) is 27.2. The van der Waals surface area contributed by atoms with Gasteiger partial charge in [0.25, 0.3) is 5.91 Å². The van der Waals surface area contributed by atoms with Crippen LogP contribution in [0, 0.1) is 5.92 Å². The number of hydrogen-bond donors (Lipinski definition) is 3. The maximum Gasteiger partial charge on any atom is 0.416 e. The van der Waals surface area contributed by atoms with Gasteiger partial charge < -0.3 is 16.0 Å². The van der Waals surface area contributed by atoms with Gasteiger partial charge in [-0.1, -0.05) is 6.07 Å². The Labute approximate surface area is 218 Å². The molecular weight excluding hydrogens is 527 g/mol. The Morgan fingerprint density at radius 2 is 1.78 bits per heavy atom. The van der Waals surface area contributed by atoms with Gasteiger partial charge in [-0.15, -0.1) is 11.8 Å². The number of thioether (sulfide) groups is 1. The molecule has 37 heavy (non-hydrogen) atoms. The molecule has 0 radical (unpaired) electrons. The molecule has 0 saturated heterocycles. The second-order valence-corrected chi connectivity index (χ2v) is 11.9. The van der Waals surface area contributed by atoms with Gasteiger partial charge >= 0.3 is 6.18 Å². The lowest BCUT2D eigenvalue weighted by molar-refractivity contribution is -0.137. The summed E-state index contributed by atoms with van der Waals surface area (Å²) in [6.07, 6.45) is -0.869. The molecule has 2 amide bonds. The maximum absolute atomic E-state index is 13.1. The minimum absolute atomic E-state index is 0.104. The normalized spacial score (nSPS) is 20.3. The highest BCUT2D eigenvalue weighted by molar-refractivity contribution is 7.98. The van der Waals surface area contributed by atoms with E-state index in [4.69, 9.17) is 0 Å². The number of benzene rings is 2. The van der Waals surface area contributed by atoms with Crippen molar-refractivity contribution in [2.24, 2.45) is 5.92 Å². The molecule has 0 aliphatic heterocycles. The van der Waals surface area contributed by atoms with E-state index in [1.165, 1.54) is 17.8 Å². The summed E-state index contributed by atoms with van der Waals surface area (Å²) in [5.74, 6) is -1.86. The van der Waals surface area contributed by atoms with Gasteiger partial charge in [-0.05, 0) is 80.9 Å². The van der Waals surface area contributed by atoms with E-state index in [-0.39, 0.29) is 28.2 Å². The lowest BCUT2D eigenvalue weighted by atomic mass is 9.82. The van der Waals surface area contributed by atoms with E-state index in [1.807, 2.05) is 6.26 Å². The van der Waals surface area contributed by atoms with Gasteiger partial charge in [0.2, 0.25) is 5.91 Å². The van der Waals surface area contributed by atoms with Crippen LogP contribution in [-0.2, 0) is 20.8 Å². The zero-order valence-electron chi connectivity index (χ0n) is 20.5. The quantitative estimate of drug-likeness (QED) is 0.408. The molecule has 0 unspecified atom stereocenters. The smallest absolute Gasteiger partial charge is 0.352 e. The Hall–Kier alpha value is -2.57. The van der Waals surface area contributed by atoms with Crippen LogP contribution in [0.3, 0.4) is 0 Å². The first-order valence-electron chi connectivity index (χ1n) is 11.7. The van der Waals surface area contributed by atoms with E-state index in [2.05, 4.69) is 16.0 Å². The molecule has 1 saturated carbocycles. The lowest BCUT2D eigenvalue weighted by Crippen LogP contribution is -2.51. The molecule has 2 aromatic carbocycles. The predicted octanol–water partition coefficient (Wildman–Crippen LogP) is 3.50. The number of carbonyl (C=O) groups is 2. The van der Waals surface area contributed by atoms with E-state index >= 15 is 0 Å². The number of carbonyl (C=O) groups excluding carboxylic acids is 2. The molecule has 3 N–H and O–H groups in total. The van der Waals surface area contributed by atoms with Crippen molar-refractivity contribution in [3.8, 4) is 0 Å². The van der Waals surface area contributed by atoms with Crippen molar-refractivity contribution in [1.82, 2.24) is 16.0 Å². The summed E-state index contributed by atoms with van der Waals surface area (Å²) < 4.78 is 65.0. The number of rotatable bonds is 9. The van der Waals surface area contributed by atoms with Gasteiger partial charge in [-0.3, -0.25) is 9.59 Å². The number of hydrogen-bond acceptors (Lipinski definition) is 6. The second-order valence-electron chi connectivity index (χ2n) is 8.95. The largest absolute Gasteiger partial charge is 0.416 e. The van der Waals surface area contributed by atoms with Crippen molar-refractivity contribution < 1.29 is 31.2 Å². The maximum atomic E-state index is 13.1. The summed E-state index contributed by atoms with van der Waals surface area (Å²) in [6.45, 7) is -0.448. The second kappa shape index (κ2) is 12.3. The van der Waals surface area contributed by atoms with E-state index in [0.717, 1.165) is 29.5 Å². The average Bonchev–Trinajstić information content (AvgIpc) is 2.87. The minimum Gasteiger partial charge on any atom is -0.352 e. The number of sulfone groups is 1. The van der Waals surface area contributed by atoms with Gasteiger partial charge in [0.05, 0.1) is 22.8 Å². The SMILES string of the molecule is CN[C@H]1CC[C@H](NC(=O)CNC(=O)c2cccc(C(F)(F)F)c2)[C@@H](CS(=O)(=O)c2ccc(SC)cc2)C1. The van der Waals surface area contributed by atoms with E-state index in [1.54, 1.807) is 31.3 Å². The Kier molecular flexibility index (Phi) is 9.65. The van der Waals surface area contributed by atoms with Crippen LogP contribution in [0.2, 0.25) is 0 Å². The number of nitrogens with one attached hydrogen (secondary N) is 3. The molecule has 1 fully saturated rings. The molecule has 0 spiro atoms. The summed E-state index contributed by atoms with van der Waals surface area (Å²) in [4.78, 5) is 26.1. The van der Waals surface area contributed by atoms with Crippen molar-refractivity contribution in [2.45, 2.75) is 47.3 Å². The standard InChI is InChI=1S/C25H30F3N3O4S2/c1-29-19-6-11-22(17(13-19)15-37(34,35)21-9-7-20(36-2)8-10-21)31-23(32)14-30-24(33)16-4-3-5-18(12-16)25(26,27)28/h3-5,7-10,12,17,19,22,29H,6,11,13-15H2,1-2H3,(H,30,33)(H,31,32)/t17-,19+,22+/m1/s1. The van der Waals surface area contributed by atoms with Crippen LogP contribution in [0.25, 0.3) is 0 Å². The third-order valence-electron chi connectivity index (χ3n) is 6.45. The van der Waals surface area contributed by atoms with Crippen LogP contribution in [0.1, 0.15) is 35.2 Å². The fourth-order valence-electron chi connectivity index (χ4n) is 4.42. The molecule has 12 heteroatoms.